The summed E-state index contributed by atoms with van der Waals surface area (Å²) in [5, 5.41) is 19.5. The number of anilines is 1. The van der Waals surface area contributed by atoms with E-state index in [4.69, 9.17) is 0 Å². The van der Waals surface area contributed by atoms with Gasteiger partial charge < -0.3 is 10.2 Å². The molecule has 5 heteroatoms. The topological polar surface area (TPSA) is 77.8 Å². The molecule has 3 aromatic rings. The highest BCUT2D eigenvalue weighted by Gasteiger charge is 2.27. The first-order valence-electron chi connectivity index (χ1n) is 9.24. The molecule has 2 amide bonds. The molecule has 0 aliphatic heterocycles. The van der Waals surface area contributed by atoms with E-state index in [0.29, 0.717) is 5.69 Å². The number of nitrogens with zero attached hydrogens (tertiary/aromatic N) is 1. The van der Waals surface area contributed by atoms with Crippen molar-refractivity contribution in [2.24, 2.45) is 0 Å². The van der Waals surface area contributed by atoms with Gasteiger partial charge in [-0.1, -0.05) is 45.0 Å². The Balaban J connectivity index is 2.08. The minimum Gasteiger partial charge on any atom is -0.508 e. The van der Waals surface area contributed by atoms with Gasteiger partial charge in [0.15, 0.2) is 0 Å². The molecule has 0 bridgehead atoms. The van der Waals surface area contributed by atoms with Crippen LogP contribution >= 0.6 is 0 Å². The van der Waals surface area contributed by atoms with Gasteiger partial charge in [0, 0.05) is 11.1 Å². The molecule has 3 rings (SSSR count). The van der Waals surface area contributed by atoms with Gasteiger partial charge in [-0.25, -0.2) is 4.90 Å². The number of carbonyl (C=O) groups excluding carboxylic acids is 2. The van der Waals surface area contributed by atoms with Gasteiger partial charge >= 0.3 is 0 Å². The van der Waals surface area contributed by atoms with E-state index in [1.54, 1.807) is 24.3 Å². The largest absolute Gasteiger partial charge is 0.508 e. The highest BCUT2D eigenvalue weighted by atomic mass is 16.3. The lowest BCUT2D eigenvalue weighted by molar-refractivity contribution is 0.0897. The second-order valence-corrected chi connectivity index (χ2v) is 7.84. The molecule has 148 valence electrons. The highest BCUT2D eigenvalue weighted by Crippen LogP contribution is 2.27. The minimum atomic E-state index is -0.572. The first-order chi connectivity index (χ1) is 13.7. The zero-order chi connectivity index (χ0) is 21.2. The molecule has 0 saturated carbocycles. The van der Waals surface area contributed by atoms with Crippen LogP contribution in [0.5, 0.6) is 11.5 Å². The molecular weight excluding hydrogens is 366 g/mol. The Labute approximate surface area is 169 Å². The third kappa shape index (κ3) is 4.46. The molecule has 2 N–H and O–H groups in total. The molecule has 0 aliphatic carbocycles. The molecule has 0 aliphatic rings. The number of carbonyl (C=O) groups is 2. The molecule has 0 fully saturated rings. The van der Waals surface area contributed by atoms with Crippen molar-refractivity contribution in [3.05, 3.63) is 89.5 Å². The van der Waals surface area contributed by atoms with Crippen LogP contribution in [0.25, 0.3) is 0 Å². The van der Waals surface area contributed by atoms with Gasteiger partial charge in [-0.2, -0.15) is 0 Å². The number of amides is 2. The second-order valence-electron chi connectivity index (χ2n) is 7.84. The van der Waals surface area contributed by atoms with E-state index in [2.05, 4.69) is 20.8 Å². The van der Waals surface area contributed by atoms with Crippen LogP contribution in [0.4, 0.5) is 5.69 Å². The number of benzene rings is 3. The van der Waals surface area contributed by atoms with E-state index in [9.17, 15) is 19.8 Å². The summed E-state index contributed by atoms with van der Waals surface area (Å²) in [7, 11) is 0. The zero-order valence-corrected chi connectivity index (χ0v) is 16.6. The Morgan fingerprint density at radius 1 is 0.724 bits per heavy atom. The fourth-order valence-corrected chi connectivity index (χ4v) is 2.97. The average molecular weight is 389 g/mol. The van der Waals surface area contributed by atoms with E-state index in [1.807, 2.05) is 12.1 Å². The average Bonchev–Trinajstić information content (AvgIpc) is 2.67. The summed E-state index contributed by atoms with van der Waals surface area (Å²) in [6, 6.07) is 18.9. The number of hydrogen-bond donors (Lipinski definition) is 2. The first kappa shape index (κ1) is 20.1. The highest BCUT2D eigenvalue weighted by molar-refractivity contribution is 6.25. The number of phenols is 2. The summed E-state index contributed by atoms with van der Waals surface area (Å²) in [6.45, 7) is 6.24. The number of phenolic OH excluding ortho intramolecular Hbond substituents is 2. The van der Waals surface area contributed by atoms with Crippen LogP contribution in [0, 0.1) is 0 Å². The van der Waals surface area contributed by atoms with Gasteiger partial charge in [0.25, 0.3) is 11.8 Å². The third-order valence-electron chi connectivity index (χ3n) is 4.58. The molecule has 0 unspecified atom stereocenters. The summed E-state index contributed by atoms with van der Waals surface area (Å²) in [4.78, 5) is 27.5. The lowest BCUT2D eigenvalue weighted by Crippen LogP contribution is -2.37. The Kier molecular flexibility index (Phi) is 5.41. The maximum absolute atomic E-state index is 13.2. The van der Waals surface area contributed by atoms with Crippen LogP contribution in [0.1, 0.15) is 47.1 Å². The van der Waals surface area contributed by atoms with E-state index in [0.717, 1.165) is 10.5 Å². The molecule has 0 heterocycles. The Bertz CT molecular complexity index is 991. The third-order valence-corrected chi connectivity index (χ3v) is 4.58. The Hall–Kier alpha value is -3.60. The van der Waals surface area contributed by atoms with Gasteiger partial charge in [-0.05, 0) is 59.5 Å². The number of rotatable bonds is 3. The molecule has 3 aromatic carbocycles. The fourth-order valence-electron chi connectivity index (χ4n) is 2.97. The molecule has 0 atom stereocenters. The van der Waals surface area contributed by atoms with Gasteiger partial charge in [-0.15, -0.1) is 0 Å². The summed E-state index contributed by atoms with van der Waals surface area (Å²) < 4.78 is 0. The van der Waals surface area contributed by atoms with Crippen LogP contribution in [0.15, 0.2) is 72.8 Å². The molecular formula is C24H23NO4. The number of aromatic hydroxyl groups is 2. The van der Waals surface area contributed by atoms with Crippen molar-refractivity contribution in [3.8, 4) is 11.5 Å². The van der Waals surface area contributed by atoms with Crippen LogP contribution in [-0.4, -0.2) is 22.0 Å². The Morgan fingerprint density at radius 2 is 1.17 bits per heavy atom. The predicted molar refractivity (Wildman–Crippen MR) is 112 cm³/mol. The van der Waals surface area contributed by atoms with Gasteiger partial charge in [0.2, 0.25) is 0 Å². The van der Waals surface area contributed by atoms with Gasteiger partial charge in [0.05, 0.1) is 5.69 Å². The zero-order valence-electron chi connectivity index (χ0n) is 16.6. The summed E-state index contributed by atoms with van der Waals surface area (Å²) >= 11 is 0. The van der Waals surface area contributed by atoms with Crippen molar-refractivity contribution in [2.45, 2.75) is 26.2 Å². The van der Waals surface area contributed by atoms with Gasteiger partial charge in [-0.3, -0.25) is 9.59 Å². The standard InChI is InChI=1S/C24H23NO4/c1-24(2,3)18-10-12-19(13-11-18)25(22(28)16-6-4-8-20(26)14-16)23(29)17-7-5-9-21(27)15-17/h4-15,26-27H,1-3H3. The Morgan fingerprint density at radius 3 is 1.55 bits per heavy atom. The molecule has 29 heavy (non-hydrogen) atoms. The van der Waals surface area contributed by atoms with Crippen molar-refractivity contribution in [3.63, 3.8) is 0 Å². The molecule has 0 radical (unpaired) electrons. The van der Waals surface area contributed by atoms with Crippen LogP contribution in [0.2, 0.25) is 0 Å². The predicted octanol–water partition coefficient (Wildman–Crippen LogP) is 4.88. The van der Waals surface area contributed by atoms with Crippen molar-refractivity contribution in [1.82, 2.24) is 0 Å². The SMILES string of the molecule is CC(C)(C)c1ccc(N(C(=O)c2cccc(O)c2)C(=O)c2cccc(O)c2)cc1. The van der Waals surface area contributed by atoms with Crippen molar-refractivity contribution >= 4 is 17.5 Å². The summed E-state index contributed by atoms with van der Waals surface area (Å²) in [5.41, 5.74) is 1.75. The quantitative estimate of drug-likeness (QED) is 0.626. The number of hydrogen-bond acceptors (Lipinski definition) is 4. The summed E-state index contributed by atoms with van der Waals surface area (Å²) in [5.74, 6) is -1.28. The fraction of sp³-hybridized carbons (Fsp3) is 0.167. The van der Waals surface area contributed by atoms with E-state index in [-0.39, 0.29) is 28.0 Å². The van der Waals surface area contributed by atoms with Crippen LogP contribution < -0.4 is 4.90 Å². The molecule has 0 saturated heterocycles. The van der Waals surface area contributed by atoms with Crippen molar-refractivity contribution < 1.29 is 19.8 Å². The molecule has 0 spiro atoms. The van der Waals surface area contributed by atoms with E-state index >= 15 is 0 Å². The lowest BCUT2D eigenvalue weighted by Gasteiger charge is -2.24. The van der Waals surface area contributed by atoms with Crippen molar-refractivity contribution in [2.75, 3.05) is 4.90 Å². The van der Waals surface area contributed by atoms with Crippen LogP contribution in [-0.2, 0) is 5.41 Å². The maximum atomic E-state index is 13.2. The smallest absolute Gasteiger partial charge is 0.265 e. The van der Waals surface area contributed by atoms with E-state index in [1.165, 1.54) is 36.4 Å². The maximum Gasteiger partial charge on any atom is 0.265 e. The number of imide groups is 1. The van der Waals surface area contributed by atoms with E-state index < -0.39 is 11.8 Å². The summed E-state index contributed by atoms with van der Waals surface area (Å²) in [6.07, 6.45) is 0. The first-order valence-corrected chi connectivity index (χ1v) is 9.24. The van der Waals surface area contributed by atoms with Crippen LogP contribution in [0.3, 0.4) is 0 Å². The second kappa shape index (κ2) is 7.80. The monoisotopic (exact) mass is 389 g/mol. The normalized spacial score (nSPS) is 11.1. The molecule has 0 aromatic heterocycles. The van der Waals surface area contributed by atoms with Crippen molar-refractivity contribution in [1.29, 1.82) is 0 Å². The minimum absolute atomic E-state index is 0.0660. The molecule has 5 nitrogen and oxygen atoms in total. The lowest BCUT2D eigenvalue weighted by atomic mass is 9.87. The van der Waals surface area contributed by atoms with Gasteiger partial charge in [0.1, 0.15) is 11.5 Å².